The highest BCUT2D eigenvalue weighted by atomic mass is 16.5. The van der Waals surface area contributed by atoms with E-state index in [1.165, 1.54) is 19.3 Å². The van der Waals surface area contributed by atoms with Crippen molar-refractivity contribution in [2.75, 3.05) is 46.1 Å². The van der Waals surface area contributed by atoms with Crippen LogP contribution in [0, 0.1) is 0 Å². The molecule has 0 amide bonds. The summed E-state index contributed by atoms with van der Waals surface area (Å²) in [5.74, 6) is 0. The Hall–Kier alpha value is -0.160. The molecule has 0 aromatic rings. The number of rotatable bonds is 10. The second-order valence-electron chi connectivity index (χ2n) is 4.66. The molecule has 0 saturated heterocycles. The maximum absolute atomic E-state index is 5.95. The summed E-state index contributed by atoms with van der Waals surface area (Å²) >= 11 is 0. The van der Waals surface area contributed by atoms with Gasteiger partial charge in [0.1, 0.15) is 0 Å². The van der Waals surface area contributed by atoms with Crippen LogP contribution in [0.25, 0.3) is 0 Å². The molecule has 0 aromatic carbocycles. The summed E-state index contributed by atoms with van der Waals surface area (Å²) < 4.78 is 10.9. The van der Waals surface area contributed by atoms with E-state index in [0.717, 1.165) is 46.1 Å². The first-order valence-corrected chi connectivity index (χ1v) is 6.89. The molecule has 1 saturated carbocycles. The maximum atomic E-state index is 5.95. The van der Waals surface area contributed by atoms with E-state index in [-0.39, 0.29) is 5.54 Å². The molecule has 0 spiro atoms. The van der Waals surface area contributed by atoms with Crippen LogP contribution in [-0.2, 0) is 9.47 Å². The average molecular weight is 244 g/mol. The van der Waals surface area contributed by atoms with Gasteiger partial charge in [-0.3, -0.25) is 4.90 Å². The first-order chi connectivity index (χ1) is 8.29. The molecule has 2 N–H and O–H groups in total. The van der Waals surface area contributed by atoms with E-state index in [4.69, 9.17) is 15.2 Å². The molecule has 0 bridgehead atoms. The summed E-state index contributed by atoms with van der Waals surface area (Å²) in [5, 5.41) is 0. The van der Waals surface area contributed by atoms with Crippen molar-refractivity contribution in [3.8, 4) is 0 Å². The molecular formula is C13H28N2O2. The summed E-state index contributed by atoms with van der Waals surface area (Å²) in [5.41, 5.74) is 6.19. The van der Waals surface area contributed by atoms with Crippen LogP contribution in [-0.4, -0.2) is 56.5 Å². The van der Waals surface area contributed by atoms with Gasteiger partial charge in [-0.05, 0) is 33.1 Å². The third-order valence-corrected chi connectivity index (χ3v) is 3.75. The Balaban J connectivity index is 2.39. The van der Waals surface area contributed by atoms with Crippen LogP contribution in [0.15, 0.2) is 0 Å². The van der Waals surface area contributed by atoms with E-state index in [9.17, 15) is 0 Å². The lowest BCUT2D eigenvalue weighted by atomic mass is 9.75. The van der Waals surface area contributed by atoms with Gasteiger partial charge in [-0.1, -0.05) is 0 Å². The summed E-state index contributed by atoms with van der Waals surface area (Å²) in [6.07, 6.45) is 3.75. The third kappa shape index (κ3) is 4.21. The molecule has 0 heterocycles. The Kier molecular flexibility index (Phi) is 7.04. The summed E-state index contributed by atoms with van der Waals surface area (Å²) in [4.78, 5) is 2.47. The topological polar surface area (TPSA) is 47.7 Å². The molecule has 1 aliphatic rings. The van der Waals surface area contributed by atoms with Gasteiger partial charge in [0.2, 0.25) is 0 Å². The second-order valence-corrected chi connectivity index (χ2v) is 4.66. The summed E-state index contributed by atoms with van der Waals surface area (Å²) in [7, 11) is 0. The van der Waals surface area contributed by atoms with E-state index in [0.29, 0.717) is 0 Å². The van der Waals surface area contributed by atoms with Crippen molar-refractivity contribution in [3.63, 3.8) is 0 Å². The number of hydrogen-bond donors (Lipinski definition) is 1. The molecule has 102 valence electrons. The lowest BCUT2D eigenvalue weighted by Crippen LogP contribution is -2.60. The van der Waals surface area contributed by atoms with Crippen LogP contribution < -0.4 is 5.73 Å². The van der Waals surface area contributed by atoms with Crippen LogP contribution in [0.4, 0.5) is 0 Å². The highest BCUT2D eigenvalue weighted by molar-refractivity contribution is 4.98. The van der Waals surface area contributed by atoms with Gasteiger partial charge < -0.3 is 15.2 Å². The van der Waals surface area contributed by atoms with Crippen molar-refractivity contribution >= 4 is 0 Å². The van der Waals surface area contributed by atoms with Crippen LogP contribution in [0.5, 0.6) is 0 Å². The van der Waals surface area contributed by atoms with Gasteiger partial charge in [0.05, 0.1) is 13.2 Å². The third-order valence-electron chi connectivity index (χ3n) is 3.75. The predicted octanol–water partition coefficient (Wildman–Crippen LogP) is 1.24. The highest BCUT2D eigenvalue weighted by Crippen LogP contribution is 2.36. The van der Waals surface area contributed by atoms with Crippen LogP contribution in [0.3, 0.4) is 0 Å². The SMILES string of the molecule is CCOCCN(CCOCC)C1(CN)CCC1. The lowest BCUT2D eigenvalue weighted by Gasteiger charge is -2.50. The molecule has 0 unspecified atom stereocenters. The van der Waals surface area contributed by atoms with Gasteiger partial charge in [0.15, 0.2) is 0 Å². The van der Waals surface area contributed by atoms with Gasteiger partial charge in [0, 0.05) is 38.4 Å². The number of nitrogens with zero attached hydrogens (tertiary/aromatic N) is 1. The van der Waals surface area contributed by atoms with Crippen molar-refractivity contribution in [3.05, 3.63) is 0 Å². The Labute approximate surface area is 105 Å². The zero-order chi connectivity index (χ0) is 12.6. The van der Waals surface area contributed by atoms with Crippen molar-refractivity contribution in [1.29, 1.82) is 0 Å². The smallest absolute Gasteiger partial charge is 0.0593 e. The maximum Gasteiger partial charge on any atom is 0.0593 e. The van der Waals surface area contributed by atoms with Gasteiger partial charge >= 0.3 is 0 Å². The standard InChI is InChI=1S/C13H28N2O2/c1-3-16-10-8-15(9-11-17-4-2)13(12-14)6-5-7-13/h3-12,14H2,1-2H3. The number of ether oxygens (including phenoxy) is 2. The fourth-order valence-corrected chi connectivity index (χ4v) is 2.46. The molecule has 17 heavy (non-hydrogen) atoms. The van der Waals surface area contributed by atoms with Crippen molar-refractivity contribution in [2.45, 2.75) is 38.6 Å². The Bertz CT molecular complexity index is 180. The second kappa shape index (κ2) is 8.03. The average Bonchev–Trinajstić information content (AvgIpc) is 2.28. The molecule has 1 aliphatic carbocycles. The molecule has 0 aliphatic heterocycles. The fraction of sp³-hybridized carbons (Fsp3) is 1.00. The molecule has 4 nitrogen and oxygen atoms in total. The largest absolute Gasteiger partial charge is 0.380 e. The highest BCUT2D eigenvalue weighted by Gasteiger charge is 2.40. The minimum Gasteiger partial charge on any atom is -0.380 e. The van der Waals surface area contributed by atoms with Gasteiger partial charge in [0.25, 0.3) is 0 Å². The first kappa shape index (κ1) is 14.9. The molecule has 0 aromatic heterocycles. The molecule has 1 fully saturated rings. The van der Waals surface area contributed by atoms with Crippen LogP contribution in [0.2, 0.25) is 0 Å². The Morgan fingerprint density at radius 3 is 1.88 bits per heavy atom. The van der Waals surface area contributed by atoms with E-state index >= 15 is 0 Å². The fourth-order valence-electron chi connectivity index (χ4n) is 2.46. The van der Waals surface area contributed by atoms with Gasteiger partial charge in [-0.25, -0.2) is 0 Å². The quantitative estimate of drug-likeness (QED) is 0.587. The number of hydrogen-bond acceptors (Lipinski definition) is 4. The van der Waals surface area contributed by atoms with E-state index in [1.54, 1.807) is 0 Å². The van der Waals surface area contributed by atoms with Gasteiger partial charge in [-0.2, -0.15) is 0 Å². The first-order valence-electron chi connectivity index (χ1n) is 6.89. The van der Waals surface area contributed by atoms with E-state index < -0.39 is 0 Å². The van der Waals surface area contributed by atoms with Crippen molar-refractivity contribution in [1.82, 2.24) is 4.90 Å². The lowest BCUT2D eigenvalue weighted by molar-refractivity contribution is -0.0170. The molecule has 1 rings (SSSR count). The minimum atomic E-state index is 0.230. The number of nitrogens with two attached hydrogens (primary N) is 1. The molecule has 0 radical (unpaired) electrons. The van der Waals surface area contributed by atoms with E-state index in [2.05, 4.69) is 4.90 Å². The minimum absolute atomic E-state index is 0.230. The van der Waals surface area contributed by atoms with Crippen molar-refractivity contribution in [2.24, 2.45) is 5.73 Å². The summed E-state index contributed by atoms with van der Waals surface area (Å²) in [6.45, 7) is 9.93. The normalized spacial score (nSPS) is 18.4. The Morgan fingerprint density at radius 2 is 1.59 bits per heavy atom. The van der Waals surface area contributed by atoms with Crippen LogP contribution in [0.1, 0.15) is 33.1 Å². The molecule has 0 atom stereocenters. The Morgan fingerprint density at radius 1 is 1.06 bits per heavy atom. The van der Waals surface area contributed by atoms with Gasteiger partial charge in [-0.15, -0.1) is 0 Å². The zero-order valence-electron chi connectivity index (χ0n) is 11.4. The predicted molar refractivity (Wildman–Crippen MR) is 70.2 cm³/mol. The molecular weight excluding hydrogens is 216 g/mol. The zero-order valence-corrected chi connectivity index (χ0v) is 11.4. The van der Waals surface area contributed by atoms with E-state index in [1.807, 2.05) is 13.8 Å². The molecule has 4 heteroatoms. The van der Waals surface area contributed by atoms with Crippen molar-refractivity contribution < 1.29 is 9.47 Å². The monoisotopic (exact) mass is 244 g/mol. The summed E-state index contributed by atoms with van der Waals surface area (Å²) in [6, 6.07) is 0. The van der Waals surface area contributed by atoms with Crippen LogP contribution >= 0.6 is 0 Å².